The quantitative estimate of drug-likeness (QED) is 0.700. The van der Waals surface area contributed by atoms with Gasteiger partial charge in [0, 0.05) is 20.2 Å². The van der Waals surface area contributed by atoms with E-state index < -0.39 is 5.60 Å². The van der Waals surface area contributed by atoms with Crippen molar-refractivity contribution in [2.45, 2.75) is 64.7 Å². The van der Waals surface area contributed by atoms with Gasteiger partial charge in [-0.2, -0.15) is 0 Å². The van der Waals surface area contributed by atoms with Crippen LogP contribution in [-0.2, 0) is 14.3 Å². The third-order valence-corrected chi connectivity index (χ3v) is 5.31. The standard InChI is InChI=1S/C23H36N2O4/c1-17(21(26)24-15-14-18-11-8-6-7-9-12-18)20(28-5)19-13-10-16-25(19)22(27)29-23(2,3)4/h6-9,11-12,17-20H,10,13-16H2,1-5H3,(H,24,26)/t17-,19+,20-/m1/s1. The zero-order valence-electron chi connectivity index (χ0n) is 18.4. The fourth-order valence-electron chi connectivity index (χ4n) is 3.85. The third-order valence-electron chi connectivity index (χ3n) is 5.31. The fraction of sp³-hybridized carbons (Fsp3) is 0.652. The summed E-state index contributed by atoms with van der Waals surface area (Å²) >= 11 is 0. The lowest BCUT2D eigenvalue weighted by Crippen LogP contribution is -2.50. The van der Waals surface area contributed by atoms with E-state index in [1.54, 1.807) is 12.0 Å². The molecule has 6 nitrogen and oxygen atoms in total. The highest BCUT2D eigenvalue weighted by Gasteiger charge is 2.41. The van der Waals surface area contributed by atoms with Gasteiger partial charge in [-0.25, -0.2) is 4.79 Å². The Bertz CT molecular complexity index is 632. The van der Waals surface area contributed by atoms with Crippen molar-refractivity contribution >= 4 is 12.0 Å². The number of likely N-dealkylation sites (tertiary alicyclic amines) is 1. The number of hydrogen-bond donors (Lipinski definition) is 1. The van der Waals surface area contributed by atoms with E-state index >= 15 is 0 Å². The molecule has 162 valence electrons. The number of carbonyl (C=O) groups excluding carboxylic acids is 2. The molecule has 1 aliphatic heterocycles. The molecule has 2 aliphatic rings. The number of methoxy groups -OCH3 is 1. The second-order valence-electron chi connectivity index (χ2n) is 8.77. The van der Waals surface area contributed by atoms with Gasteiger partial charge in [-0.3, -0.25) is 4.79 Å². The van der Waals surface area contributed by atoms with Crippen LogP contribution < -0.4 is 5.32 Å². The third kappa shape index (κ3) is 7.03. The topological polar surface area (TPSA) is 67.9 Å². The summed E-state index contributed by atoms with van der Waals surface area (Å²) in [6.07, 6.45) is 14.1. The Morgan fingerprint density at radius 1 is 1.17 bits per heavy atom. The first-order valence-corrected chi connectivity index (χ1v) is 10.5. The molecule has 0 unspecified atom stereocenters. The van der Waals surface area contributed by atoms with Crippen molar-refractivity contribution in [3.8, 4) is 0 Å². The number of allylic oxidation sites excluding steroid dienone is 6. The number of rotatable bonds is 7. The number of hydrogen-bond acceptors (Lipinski definition) is 4. The van der Waals surface area contributed by atoms with Crippen LogP contribution in [0.2, 0.25) is 0 Å². The SMILES string of the molecule is CO[C@H]([C@@H](C)C(=O)NCCC1C=CC=CC=C1)[C@@H]1CCCN1C(=O)OC(C)(C)C. The van der Waals surface area contributed by atoms with Gasteiger partial charge in [0.05, 0.1) is 18.1 Å². The molecule has 29 heavy (non-hydrogen) atoms. The van der Waals surface area contributed by atoms with Crippen LogP contribution in [0.25, 0.3) is 0 Å². The zero-order chi connectivity index (χ0) is 21.4. The van der Waals surface area contributed by atoms with Gasteiger partial charge in [0.2, 0.25) is 5.91 Å². The summed E-state index contributed by atoms with van der Waals surface area (Å²) in [7, 11) is 1.61. The van der Waals surface area contributed by atoms with Crippen LogP contribution in [0.3, 0.4) is 0 Å². The molecule has 0 aromatic carbocycles. The van der Waals surface area contributed by atoms with Gasteiger partial charge in [-0.05, 0) is 46.0 Å². The minimum atomic E-state index is -0.549. The average molecular weight is 405 g/mol. The van der Waals surface area contributed by atoms with Crippen LogP contribution in [0.15, 0.2) is 36.5 Å². The molecule has 6 heteroatoms. The van der Waals surface area contributed by atoms with Crippen LogP contribution in [0, 0.1) is 11.8 Å². The van der Waals surface area contributed by atoms with Crippen LogP contribution in [-0.4, -0.2) is 54.8 Å². The Hall–Kier alpha value is -2.08. The minimum Gasteiger partial charge on any atom is -0.444 e. The number of ether oxygens (including phenoxy) is 2. The van der Waals surface area contributed by atoms with E-state index in [2.05, 4.69) is 17.5 Å². The van der Waals surface area contributed by atoms with Crippen molar-refractivity contribution in [2.24, 2.45) is 11.8 Å². The van der Waals surface area contributed by atoms with Crippen LogP contribution in [0.4, 0.5) is 4.79 Å². The summed E-state index contributed by atoms with van der Waals surface area (Å²) in [5.74, 6) is -0.0983. The first-order chi connectivity index (χ1) is 13.7. The van der Waals surface area contributed by atoms with E-state index in [1.807, 2.05) is 52.0 Å². The summed E-state index contributed by atoms with van der Waals surface area (Å²) in [6, 6.07) is -0.158. The van der Waals surface area contributed by atoms with Crippen molar-refractivity contribution < 1.29 is 19.1 Å². The predicted molar refractivity (Wildman–Crippen MR) is 114 cm³/mol. The second kappa shape index (κ2) is 10.6. The smallest absolute Gasteiger partial charge is 0.410 e. The number of nitrogens with one attached hydrogen (secondary N) is 1. The summed E-state index contributed by atoms with van der Waals surface area (Å²) in [6.45, 7) is 8.66. The Balaban J connectivity index is 1.91. The maximum Gasteiger partial charge on any atom is 0.410 e. The maximum atomic E-state index is 12.7. The molecule has 1 saturated heterocycles. The van der Waals surface area contributed by atoms with E-state index in [0.717, 1.165) is 19.3 Å². The lowest BCUT2D eigenvalue weighted by atomic mass is 9.95. The van der Waals surface area contributed by atoms with Crippen molar-refractivity contribution in [1.82, 2.24) is 10.2 Å². The molecule has 0 aromatic rings. The molecule has 0 radical (unpaired) electrons. The van der Waals surface area contributed by atoms with Crippen LogP contribution in [0.5, 0.6) is 0 Å². The highest BCUT2D eigenvalue weighted by atomic mass is 16.6. The molecule has 2 amide bonds. The summed E-state index contributed by atoms with van der Waals surface area (Å²) < 4.78 is 11.2. The maximum absolute atomic E-state index is 12.7. The largest absolute Gasteiger partial charge is 0.444 e. The summed E-state index contributed by atoms with van der Waals surface area (Å²) in [4.78, 5) is 27.0. The van der Waals surface area contributed by atoms with Crippen molar-refractivity contribution in [2.75, 3.05) is 20.2 Å². The van der Waals surface area contributed by atoms with Gasteiger partial charge in [-0.1, -0.05) is 43.4 Å². The Labute approximate surface area is 175 Å². The molecule has 1 heterocycles. The van der Waals surface area contributed by atoms with Gasteiger partial charge in [0.1, 0.15) is 5.60 Å². The highest BCUT2D eigenvalue weighted by molar-refractivity contribution is 5.79. The Kier molecular flexibility index (Phi) is 8.50. The monoisotopic (exact) mass is 404 g/mol. The molecule has 0 aromatic heterocycles. The lowest BCUT2D eigenvalue weighted by Gasteiger charge is -2.34. The fourth-order valence-corrected chi connectivity index (χ4v) is 3.85. The second-order valence-corrected chi connectivity index (χ2v) is 8.77. The average Bonchev–Trinajstić information content (AvgIpc) is 2.98. The molecule has 3 atom stereocenters. The van der Waals surface area contributed by atoms with E-state index in [9.17, 15) is 9.59 Å². The summed E-state index contributed by atoms with van der Waals surface area (Å²) in [5.41, 5.74) is -0.549. The van der Waals surface area contributed by atoms with Crippen LogP contribution >= 0.6 is 0 Å². The molecule has 1 N–H and O–H groups in total. The van der Waals surface area contributed by atoms with Gasteiger partial charge in [0.15, 0.2) is 0 Å². The van der Waals surface area contributed by atoms with Crippen molar-refractivity contribution in [3.05, 3.63) is 36.5 Å². The highest BCUT2D eigenvalue weighted by Crippen LogP contribution is 2.28. The van der Waals surface area contributed by atoms with Crippen molar-refractivity contribution in [3.63, 3.8) is 0 Å². The van der Waals surface area contributed by atoms with E-state index in [-0.39, 0.29) is 30.1 Å². The normalized spacial score (nSPS) is 21.7. The van der Waals surface area contributed by atoms with Gasteiger partial charge < -0.3 is 19.7 Å². The first-order valence-electron chi connectivity index (χ1n) is 10.5. The van der Waals surface area contributed by atoms with Crippen molar-refractivity contribution in [1.29, 1.82) is 0 Å². The van der Waals surface area contributed by atoms with E-state index in [4.69, 9.17) is 9.47 Å². The van der Waals surface area contributed by atoms with Gasteiger partial charge >= 0.3 is 6.09 Å². The molecular weight excluding hydrogens is 368 g/mol. The van der Waals surface area contributed by atoms with E-state index in [0.29, 0.717) is 19.0 Å². The first kappa shape index (κ1) is 23.2. The Morgan fingerprint density at radius 3 is 2.41 bits per heavy atom. The van der Waals surface area contributed by atoms with E-state index in [1.165, 1.54) is 0 Å². The minimum absolute atomic E-state index is 0.0485. The lowest BCUT2D eigenvalue weighted by molar-refractivity contribution is -0.130. The van der Waals surface area contributed by atoms with Crippen LogP contribution in [0.1, 0.15) is 47.0 Å². The summed E-state index contributed by atoms with van der Waals surface area (Å²) in [5, 5.41) is 3.03. The van der Waals surface area contributed by atoms with Gasteiger partial charge in [-0.15, -0.1) is 0 Å². The molecule has 2 rings (SSSR count). The molecule has 0 spiro atoms. The van der Waals surface area contributed by atoms with Gasteiger partial charge in [0.25, 0.3) is 0 Å². The molecule has 0 saturated carbocycles. The molecule has 1 aliphatic carbocycles. The predicted octanol–water partition coefficient (Wildman–Crippen LogP) is 3.84. The molecule has 0 bridgehead atoms. The number of amides is 2. The molecule has 1 fully saturated rings. The molecular formula is C23H36N2O4. The number of nitrogens with zero attached hydrogens (tertiary/aromatic N) is 1. The Morgan fingerprint density at radius 2 is 1.83 bits per heavy atom. The number of carbonyl (C=O) groups is 2. The zero-order valence-corrected chi connectivity index (χ0v) is 18.4.